The van der Waals surface area contributed by atoms with Gasteiger partial charge in [-0.15, -0.1) is 0 Å². The van der Waals surface area contributed by atoms with E-state index in [1.54, 1.807) is 32.1 Å². The van der Waals surface area contributed by atoms with Gasteiger partial charge in [0, 0.05) is 23.6 Å². The number of aliphatic hydroxyl groups is 1. The molecule has 162 valence electrons. The third kappa shape index (κ3) is 5.13. The van der Waals surface area contributed by atoms with Crippen LogP contribution in [0.15, 0.2) is 47.1 Å². The van der Waals surface area contributed by atoms with E-state index in [4.69, 9.17) is 14.2 Å². The molecule has 8 heteroatoms. The van der Waals surface area contributed by atoms with Gasteiger partial charge in [0.25, 0.3) is 0 Å². The zero-order valence-electron chi connectivity index (χ0n) is 17.3. The van der Waals surface area contributed by atoms with Crippen molar-refractivity contribution in [3.8, 4) is 0 Å². The van der Waals surface area contributed by atoms with E-state index in [9.17, 15) is 24.3 Å². The van der Waals surface area contributed by atoms with E-state index in [1.165, 1.54) is 6.92 Å². The third-order valence-electron chi connectivity index (χ3n) is 5.12. The van der Waals surface area contributed by atoms with E-state index < -0.39 is 42.1 Å². The average Bonchev–Trinajstić information content (AvgIpc) is 2.99. The summed E-state index contributed by atoms with van der Waals surface area (Å²) in [5.41, 5.74) is 0.998. The molecule has 8 nitrogen and oxygen atoms in total. The van der Waals surface area contributed by atoms with Crippen LogP contribution in [0, 0.1) is 5.92 Å². The molecule has 1 N–H and O–H groups in total. The van der Waals surface area contributed by atoms with Gasteiger partial charge in [-0.05, 0) is 38.3 Å². The van der Waals surface area contributed by atoms with Crippen molar-refractivity contribution in [3.05, 3.63) is 47.1 Å². The lowest BCUT2D eigenvalue weighted by Crippen LogP contribution is -2.45. The first-order valence-corrected chi connectivity index (χ1v) is 9.60. The lowest BCUT2D eigenvalue weighted by molar-refractivity contribution is -0.166. The van der Waals surface area contributed by atoms with Crippen molar-refractivity contribution in [1.82, 2.24) is 0 Å². The average molecular weight is 418 g/mol. The number of aliphatic hydroxyl groups excluding tert-OH is 1. The molecule has 1 heterocycles. The molecule has 0 aromatic rings. The smallest absolute Gasteiger partial charge is 0.334 e. The highest BCUT2D eigenvalue weighted by Gasteiger charge is 2.49. The number of carbonyl (C=O) groups excluding carboxylic acids is 4. The Labute approximate surface area is 174 Å². The summed E-state index contributed by atoms with van der Waals surface area (Å²) in [5.74, 6) is -3.00. The van der Waals surface area contributed by atoms with Gasteiger partial charge in [0.15, 0.2) is 12.2 Å². The normalized spacial score (nSPS) is 30.7. The van der Waals surface area contributed by atoms with Gasteiger partial charge >= 0.3 is 17.9 Å². The molecule has 0 spiro atoms. The highest BCUT2D eigenvalue weighted by atomic mass is 16.6. The van der Waals surface area contributed by atoms with Crippen LogP contribution in [0.5, 0.6) is 0 Å². The van der Waals surface area contributed by atoms with Crippen LogP contribution >= 0.6 is 0 Å². The summed E-state index contributed by atoms with van der Waals surface area (Å²) in [4.78, 5) is 48.5. The number of rotatable bonds is 5. The van der Waals surface area contributed by atoms with Crippen LogP contribution in [-0.4, -0.2) is 54.2 Å². The number of hydrogen-bond donors (Lipinski definition) is 1. The summed E-state index contributed by atoms with van der Waals surface area (Å²) in [6.45, 7) is 7.87. The molecule has 0 bridgehead atoms. The van der Waals surface area contributed by atoms with Gasteiger partial charge in [0.1, 0.15) is 12.4 Å². The molecule has 2 rings (SSSR count). The second kappa shape index (κ2) is 10.2. The molecule has 2 aliphatic rings. The molecular formula is C22H26O8. The second-order valence-corrected chi connectivity index (χ2v) is 7.14. The van der Waals surface area contributed by atoms with Crippen molar-refractivity contribution >= 4 is 24.2 Å². The van der Waals surface area contributed by atoms with Gasteiger partial charge in [-0.3, -0.25) is 9.59 Å². The Kier molecular flexibility index (Phi) is 7.88. The first-order valence-electron chi connectivity index (χ1n) is 9.60. The van der Waals surface area contributed by atoms with Crippen LogP contribution in [0.2, 0.25) is 0 Å². The number of carbonyl (C=O) groups is 4. The minimum Gasteiger partial charge on any atom is -0.454 e. The molecule has 0 saturated carbocycles. The number of aldehydes is 1. The Bertz CT molecular complexity index is 832. The summed E-state index contributed by atoms with van der Waals surface area (Å²) < 4.78 is 16.4. The molecule has 0 unspecified atom stereocenters. The monoisotopic (exact) mass is 418 g/mol. The fraction of sp³-hybridized carbons (Fsp3) is 0.455. The van der Waals surface area contributed by atoms with Crippen LogP contribution in [0.25, 0.3) is 0 Å². The van der Waals surface area contributed by atoms with Crippen LogP contribution in [0.3, 0.4) is 0 Å². The summed E-state index contributed by atoms with van der Waals surface area (Å²) in [6.07, 6.45) is 2.59. The number of esters is 3. The summed E-state index contributed by atoms with van der Waals surface area (Å²) in [7, 11) is 0. The maximum Gasteiger partial charge on any atom is 0.334 e. The maximum atomic E-state index is 12.6. The predicted molar refractivity (Wildman–Crippen MR) is 106 cm³/mol. The predicted octanol–water partition coefficient (Wildman–Crippen LogP) is 1.73. The Morgan fingerprint density at radius 2 is 2.03 bits per heavy atom. The van der Waals surface area contributed by atoms with E-state index in [0.29, 0.717) is 30.3 Å². The molecule has 30 heavy (non-hydrogen) atoms. The minimum atomic E-state index is -1.25. The van der Waals surface area contributed by atoms with Gasteiger partial charge in [-0.25, -0.2) is 9.59 Å². The molecule has 0 radical (unpaired) electrons. The standard InChI is InChI=1S/C22H26O8/c1-5-12(2)21(26)30-20-18-13(3)22(27)29-17(18)9-15(10-23)7-6-8-16(11-24)19(20)28-14(4)25/h5,8-9,11,17-20,23H,3,6-7,10H2,1-2,4H3/b12-5+,15-9-,16-8+/t17-,18+,19+,20+/m1/s1. The van der Waals surface area contributed by atoms with Gasteiger partial charge in [0.05, 0.1) is 12.5 Å². The first-order chi connectivity index (χ1) is 14.2. The maximum absolute atomic E-state index is 12.6. The lowest BCUT2D eigenvalue weighted by Gasteiger charge is -2.33. The highest BCUT2D eigenvalue weighted by Crippen LogP contribution is 2.37. The Morgan fingerprint density at radius 3 is 2.60 bits per heavy atom. The number of hydrogen-bond acceptors (Lipinski definition) is 8. The van der Waals surface area contributed by atoms with Gasteiger partial charge < -0.3 is 19.3 Å². The zero-order chi connectivity index (χ0) is 22.4. The first kappa shape index (κ1) is 23.3. The Hall–Kier alpha value is -3.00. The Balaban J connectivity index is 2.66. The van der Waals surface area contributed by atoms with Crippen molar-refractivity contribution in [2.24, 2.45) is 5.92 Å². The molecule has 1 saturated heterocycles. The SMILES string of the molecule is C=C1C(=O)O[C@@H]2/C=C(\CO)CC/C=C(\C=O)[C@H](OC(C)=O)[C@@H](OC(=O)/C(C)=C/C)[C@@H]12. The molecule has 1 aliphatic heterocycles. The van der Waals surface area contributed by atoms with Gasteiger partial charge in [0.2, 0.25) is 0 Å². The minimum absolute atomic E-state index is 0.0208. The van der Waals surface area contributed by atoms with E-state index in [0.717, 1.165) is 0 Å². The third-order valence-corrected chi connectivity index (χ3v) is 5.12. The number of ether oxygens (including phenoxy) is 3. The van der Waals surface area contributed by atoms with Crippen molar-refractivity contribution in [2.45, 2.75) is 51.9 Å². The summed E-state index contributed by atoms with van der Waals surface area (Å²) in [5, 5.41) is 9.65. The fourth-order valence-corrected chi connectivity index (χ4v) is 3.39. The number of allylic oxidation sites excluding steroid dienone is 2. The molecule has 1 fully saturated rings. The lowest BCUT2D eigenvalue weighted by atomic mass is 9.83. The molecular weight excluding hydrogens is 392 g/mol. The van der Waals surface area contributed by atoms with Crippen molar-refractivity contribution in [2.75, 3.05) is 6.61 Å². The van der Waals surface area contributed by atoms with E-state index in [1.807, 2.05) is 0 Å². The number of fused-ring (bicyclic) bond motifs is 1. The second-order valence-electron chi connectivity index (χ2n) is 7.14. The van der Waals surface area contributed by atoms with Crippen LogP contribution in [0.1, 0.15) is 33.6 Å². The van der Waals surface area contributed by atoms with Crippen molar-refractivity contribution in [1.29, 1.82) is 0 Å². The molecule has 1 aliphatic carbocycles. The quantitative estimate of drug-likeness (QED) is 0.236. The molecule has 4 atom stereocenters. The molecule has 0 amide bonds. The summed E-state index contributed by atoms with van der Waals surface area (Å²) in [6, 6.07) is 0. The highest BCUT2D eigenvalue weighted by molar-refractivity contribution is 5.92. The van der Waals surface area contributed by atoms with Crippen molar-refractivity contribution in [3.63, 3.8) is 0 Å². The largest absolute Gasteiger partial charge is 0.454 e. The van der Waals surface area contributed by atoms with E-state index >= 15 is 0 Å². The van der Waals surface area contributed by atoms with Crippen LogP contribution < -0.4 is 0 Å². The van der Waals surface area contributed by atoms with Crippen molar-refractivity contribution < 1.29 is 38.5 Å². The van der Waals surface area contributed by atoms with Gasteiger partial charge in [-0.2, -0.15) is 0 Å². The zero-order valence-corrected chi connectivity index (χ0v) is 17.3. The van der Waals surface area contributed by atoms with Crippen LogP contribution in [-0.2, 0) is 33.4 Å². The van der Waals surface area contributed by atoms with E-state index in [-0.39, 0.29) is 17.8 Å². The summed E-state index contributed by atoms with van der Waals surface area (Å²) >= 11 is 0. The molecule has 0 aromatic heterocycles. The molecule has 0 aromatic carbocycles. The van der Waals surface area contributed by atoms with Gasteiger partial charge in [-0.1, -0.05) is 18.7 Å². The fourth-order valence-electron chi connectivity index (χ4n) is 3.39. The Morgan fingerprint density at radius 1 is 1.33 bits per heavy atom. The van der Waals surface area contributed by atoms with E-state index in [2.05, 4.69) is 6.58 Å². The topological polar surface area (TPSA) is 116 Å². The van der Waals surface area contributed by atoms with Crippen LogP contribution in [0.4, 0.5) is 0 Å².